The van der Waals surface area contributed by atoms with Crippen molar-refractivity contribution in [3.05, 3.63) is 34.3 Å². The highest BCUT2D eigenvalue weighted by Crippen LogP contribution is 2.34. The van der Waals surface area contributed by atoms with Crippen LogP contribution in [0.5, 0.6) is 0 Å². The maximum absolute atomic E-state index is 11.5. The van der Waals surface area contributed by atoms with Crippen LogP contribution in [0.4, 0.5) is 4.79 Å². The maximum atomic E-state index is 11.5. The zero-order valence-electron chi connectivity index (χ0n) is 11.5. The molecule has 1 N–H and O–H groups in total. The van der Waals surface area contributed by atoms with Crippen LogP contribution < -0.4 is 0 Å². The first kappa shape index (κ1) is 15.0. The Kier molecular flexibility index (Phi) is 4.11. The lowest BCUT2D eigenvalue weighted by molar-refractivity contribution is 0.0314. The van der Waals surface area contributed by atoms with Crippen LogP contribution in [0.2, 0.25) is 0 Å². The topological polar surface area (TPSA) is 40.5 Å². The molecule has 0 fully saturated rings. The van der Waals surface area contributed by atoms with E-state index in [2.05, 4.69) is 15.9 Å². The highest BCUT2D eigenvalue weighted by molar-refractivity contribution is 9.10. The lowest BCUT2D eigenvalue weighted by atomic mass is 9.88. The molecule has 1 aromatic carbocycles. The van der Waals surface area contributed by atoms with Crippen molar-refractivity contribution in [2.45, 2.75) is 45.7 Å². The van der Waals surface area contributed by atoms with Crippen molar-refractivity contribution >= 4 is 22.0 Å². The predicted molar refractivity (Wildman–Crippen MR) is 76.8 cm³/mol. The molecule has 100 valence electrons. The quantitative estimate of drug-likeness (QED) is 0.875. The molecule has 1 aromatic rings. The average molecular weight is 314 g/mol. The number of carboxylic acid groups (broad SMARTS) is 1. The zero-order chi connectivity index (χ0) is 14.1. The third-order valence-corrected chi connectivity index (χ3v) is 3.50. The first-order chi connectivity index (χ1) is 8.06. The van der Waals surface area contributed by atoms with Gasteiger partial charge in [-0.25, -0.2) is 4.79 Å². The second kappa shape index (κ2) is 4.92. The summed E-state index contributed by atoms with van der Waals surface area (Å²) in [5.74, 6) is 0. The van der Waals surface area contributed by atoms with Gasteiger partial charge in [-0.2, -0.15) is 0 Å². The van der Waals surface area contributed by atoms with Gasteiger partial charge >= 0.3 is 6.09 Å². The van der Waals surface area contributed by atoms with Crippen molar-refractivity contribution in [3.63, 3.8) is 0 Å². The summed E-state index contributed by atoms with van der Waals surface area (Å²) in [6, 6.07) is 7.76. The molecule has 1 rings (SSSR count). The van der Waals surface area contributed by atoms with Crippen LogP contribution in [0.25, 0.3) is 0 Å². The summed E-state index contributed by atoms with van der Waals surface area (Å²) >= 11 is 3.39. The van der Waals surface area contributed by atoms with Crippen molar-refractivity contribution in [1.29, 1.82) is 0 Å². The van der Waals surface area contributed by atoms with E-state index in [1.807, 2.05) is 58.9 Å². The smallest absolute Gasteiger partial charge is 0.408 e. The number of halogens is 1. The summed E-state index contributed by atoms with van der Waals surface area (Å²) in [5, 5.41) is 9.48. The molecule has 0 saturated heterocycles. The fraction of sp³-hybridized carbons (Fsp3) is 0.500. The van der Waals surface area contributed by atoms with Crippen LogP contribution in [0, 0.1) is 0 Å². The molecule has 4 heteroatoms. The minimum Gasteiger partial charge on any atom is -0.465 e. The van der Waals surface area contributed by atoms with Crippen molar-refractivity contribution < 1.29 is 9.90 Å². The van der Waals surface area contributed by atoms with Crippen molar-refractivity contribution in [3.8, 4) is 0 Å². The van der Waals surface area contributed by atoms with Crippen LogP contribution in [0.1, 0.15) is 40.2 Å². The van der Waals surface area contributed by atoms with E-state index in [0.29, 0.717) is 0 Å². The SMILES string of the molecule is CC(C)(C)N(C(=O)O)C(C)(C)c1ccc(Br)cc1. The van der Waals surface area contributed by atoms with Crippen molar-refractivity contribution in [1.82, 2.24) is 4.90 Å². The Hall–Kier alpha value is -1.03. The zero-order valence-corrected chi connectivity index (χ0v) is 13.1. The largest absolute Gasteiger partial charge is 0.465 e. The molecule has 0 atom stereocenters. The number of carbonyl (C=O) groups is 1. The van der Waals surface area contributed by atoms with Crippen LogP contribution in [0.15, 0.2) is 28.7 Å². The lowest BCUT2D eigenvalue weighted by Gasteiger charge is -2.45. The highest BCUT2D eigenvalue weighted by Gasteiger charge is 2.39. The van der Waals surface area contributed by atoms with Gasteiger partial charge < -0.3 is 5.11 Å². The van der Waals surface area contributed by atoms with Gasteiger partial charge in [-0.1, -0.05) is 28.1 Å². The van der Waals surface area contributed by atoms with Gasteiger partial charge in [-0.05, 0) is 52.3 Å². The van der Waals surface area contributed by atoms with Crippen LogP contribution in [-0.2, 0) is 5.54 Å². The Balaban J connectivity index is 3.25. The molecule has 0 unspecified atom stereocenters. The van der Waals surface area contributed by atoms with Crippen LogP contribution in [0.3, 0.4) is 0 Å². The summed E-state index contributed by atoms with van der Waals surface area (Å²) in [6.45, 7) is 9.57. The molecule has 0 aromatic heterocycles. The summed E-state index contributed by atoms with van der Waals surface area (Å²) < 4.78 is 0.986. The predicted octanol–water partition coefficient (Wildman–Crippen LogP) is 4.46. The Morgan fingerprint density at radius 1 is 1.11 bits per heavy atom. The molecular weight excluding hydrogens is 294 g/mol. The fourth-order valence-corrected chi connectivity index (χ4v) is 2.62. The molecule has 0 aliphatic heterocycles. The molecule has 0 spiro atoms. The molecule has 3 nitrogen and oxygen atoms in total. The molecular formula is C14H20BrNO2. The molecule has 0 bridgehead atoms. The van der Waals surface area contributed by atoms with Gasteiger partial charge in [0.2, 0.25) is 0 Å². The summed E-state index contributed by atoms with van der Waals surface area (Å²) in [4.78, 5) is 13.0. The van der Waals surface area contributed by atoms with E-state index in [1.165, 1.54) is 4.90 Å². The second-order valence-electron chi connectivity index (χ2n) is 5.85. The number of nitrogens with zero attached hydrogens (tertiary/aromatic N) is 1. The van der Waals surface area contributed by atoms with E-state index in [9.17, 15) is 9.90 Å². The Bertz CT molecular complexity index is 432. The Labute approximate surface area is 117 Å². The Morgan fingerprint density at radius 3 is 1.89 bits per heavy atom. The molecule has 1 amide bonds. The van der Waals surface area contributed by atoms with Gasteiger partial charge in [0.05, 0.1) is 5.54 Å². The molecule has 0 saturated carbocycles. The van der Waals surface area contributed by atoms with E-state index < -0.39 is 17.2 Å². The summed E-state index contributed by atoms with van der Waals surface area (Å²) in [6.07, 6.45) is -0.907. The van der Waals surface area contributed by atoms with E-state index in [1.54, 1.807) is 0 Å². The van der Waals surface area contributed by atoms with Crippen LogP contribution in [-0.4, -0.2) is 21.6 Å². The van der Waals surface area contributed by atoms with Gasteiger partial charge in [0, 0.05) is 10.0 Å². The van der Waals surface area contributed by atoms with E-state index in [-0.39, 0.29) is 0 Å². The van der Waals surface area contributed by atoms with E-state index in [4.69, 9.17) is 0 Å². The second-order valence-corrected chi connectivity index (χ2v) is 6.77. The molecule has 18 heavy (non-hydrogen) atoms. The monoisotopic (exact) mass is 313 g/mol. The number of hydrogen-bond donors (Lipinski definition) is 1. The van der Waals surface area contributed by atoms with Gasteiger partial charge in [0.25, 0.3) is 0 Å². The number of hydrogen-bond acceptors (Lipinski definition) is 1. The lowest BCUT2D eigenvalue weighted by Crippen LogP contribution is -2.54. The number of rotatable bonds is 2. The number of benzene rings is 1. The maximum Gasteiger partial charge on any atom is 0.408 e. The molecule has 0 heterocycles. The third-order valence-electron chi connectivity index (χ3n) is 2.97. The first-order valence-corrected chi connectivity index (χ1v) is 6.65. The van der Waals surface area contributed by atoms with E-state index in [0.717, 1.165) is 10.0 Å². The standard InChI is InChI=1S/C14H20BrNO2/c1-13(2,3)16(12(17)18)14(4,5)10-6-8-11(15)9-7-10/h6-9H,1-5H3,(H,17,18). The summed E-state index contributed by atoms with van der Waals surface area (Å²) in [5.41, 5.74) is -0.0595. The first-order valence-electron chi connectivity index (χ1n) is 5.86. The average Bonchev–Trinajstić information content (AvgIpc) is 2.14. The molecule has 0 aliphatic rings. The van der Waals surface area contributed by atoms with Gasteiger partial charge in [-0.3, -0.25) is 4.90 Å². The Morgan fingerprint density at radius 2 is 1.56 bits per heavy atom. The molecule has 0 radical (unpaired) electrons. The summed E-state index contributed by atoms with van der Waals surface area (Å²) in [7, 11) is 0. The third kappa shape index (κ3) is 3.05. The van der Waals surface area contributed by atoms with Crippen molar-refractivity contribution in [2.75, 3.05) is 0 Å². The van der Waals surface area contributed by atoms with Gasteiger partial charge in [0.15, 0.2) is 0 Å². The minimum absolute atomic E-state index is 0.456. The molecule has 0 aliphatic carbocycles. The van der Waals surface area contributed by atoms with Gasteiger partial charge in [-0.15, -0.1) is 0 Å². The fourth-order valence-electron chi connectivity index (χ4n) is 2.35. The minimum atomic E-state index is -0.907. The number of amides is 1. The van der Waals surface area contributed by atoms with Gasteiger partial charge in [0.1, 0.15) is 0 Å². The normalized spacial score (nSPS) is 12.3. The highest BCUT2D eigenvalue weighted by atomic mass is 79.9. The van der Waals surface area contributed by atoms with E-state index >= 15 is 0 Å². The van der Waals surface area contributed by atoms with Crippen LogP contribution >= 0.6 is 15.9 Å². The van der Waals surface area contributed by atoms with Crippen molar-refractivity contribution in [2.24, 2.45) is 0 Å².